The average molecular weight is 358 g/mol. The summed E-state index contributed by atoms with van der Waals surface area (Å²) in [6.07, 6.45) is 8.32. The molecule has 26 heavy (non-hydrogen) atoms. The fourth-order valence-corrected chi connectivity index (χ4v) is 4.18. The van der Waals surface area contributed by atoms with Crippen molar-refractivity contribution in [2.45, 2.75) is 45.6 Å². The van der Waals surface area contributed by atoms with Crippen LogP contribution in [0.25, 0.3) is 0 Å². The fourth-order valence-electron chi connectivity index (χ4n) is 4.18. The number of imidazole rings is 1. The highest BCUT2D eigenvalue weighted by atomic mass is 16.6. The van der Waals surface area contributed by atoms with E-state index in [9.17, 15) is 4.79 Å². The van der Waals surface area contributed by atoms with Crippen LogP contribution >= 0.6 is 0 Å². The molecule has 2 aliphatic rings. The molecule has 0 aliphatic carbocycles. The number of nitrogens with one attached hydrogen (secondary N) is 1. The van der Waals surface area contributed by atoms with E-state index >= 15 is 0 Å². The largest absolute Gasteiger partial charge is 0.348 e. The Bertz CT molecular complexity index is 733. The summed E-state index contributed by atoms with van der Waals surface area (Å²) < 4.78 is 4.80. The fraction of sp³-hybridized carbons (Fsp3) is 0.667. The first-order valence-corrected chi connectivity index (χ1v) is 9.39. The third-order valence-corrected chi connectivity index (χ3v) is 5.99. The van der Waals surface area contributed by atoms with Crippen LogP contribution in [0.3, 0.4) is 0 Å². The van der Waals surface area contributed by atoms with Crippen LogP contribution in [-0.2, 0) is 17.8 Å². The summed E-state index contributed by atoms with van der Waals surface area (Å²) in [5, 5.41) is 7.86. The number of aromatic amines is 1. The van der Waals surface area contributed by atoms with Crippen molar-refractivity contribution in [3.8, 4) is 0 Å². The minimum absolute atomic E-state index is 0.273. The van der Waals surface area contributed by atoms with Gasteiger partial charge in [0, 0.05) is 44.4 Å². The van der Waals surface area contributed by atoms with Gasteiger partial charge in [0.25, 0.3) is 0 Å². The molecule has 0 unspecified atom stereocenters. The minimum atomic E-state index is 0.273. The number of H-pyrrole nitrogens is 1. The van der Waals surface area contributed by atoms with Gasteiger partial charge < -0.3 is 9.88 Å². The monoisotopic (exact) mass is 358 g/mol. The molecule has 0 saturated carbocycles. The molecular formula is C18H26N6O2. The molecule has 2 saturated heterocycles. The number of rotatable bonds is 5. The first kappa shape index (κ1) is 17.2. The lowest BCUT2D eigenvalue weighted by atomic mass is 9.72. The van der Waals surface area contributed by atoms with Crippen LogP contribution in [0.15, 0.2) is 17.2 Å². The lowest BCUT2D eigenvalue weighted by Gasteiger charge is -2.47. The summed E-state index contributed by atoms with van der Waals surface area (Å²) in [4.78, 5) is 24.0. The van der Waals surface area contributed by atoms with Gasteiger partial charge in [0.2, 0.25) is 5.91 Å². The van der Waals surface area contributed by atoms with Crippen LogP contribution < -0.4 is 0 Å². The number of aryl methyl sites for hydroxylation is 1. The van der Waals surface area contributed by atoms with Gasteiger partial charge in [0.15, 0.2) is 0 Å². The number of amides is 1. The van der Waals surface area contributed by atoms with Crippen LogP contribution in [0.2, 0.25) is 0 Å². The Balaban J connectivity index is 1.32. The molecule has 0 atom stereocenters. The second-order valence-corrected chi connectivity index (χ2v) is 7.71. The predicted octanol–water partition coefficient (Wildman–Crippen LogP) is 1.55. The normalized spacial score (nSPS) is 20.8. The van der Waals surface area contributed by atoms with Gasteiger partial charge in [0.05, 0.1) is 6.33 Å². The maximum absolute atomic E-state index is 12.4. The Hall–Kier alpha value is -2.22. The maximum Gasteiger partial charge on any atom is 0.222 e. The van der Waals surface area contributed by atoms with E-state index < -0.39 is 0 Å². The molecule has 1 N–H and O–H groups in total. The lowest BCUT2D eigenvalue weighted by Crippen LogP contribution is -2.51. The van der Waals surface area contributed by atoms with E-state index in [0.717, 1.165) is 75.5 Å². The molecule has 4 rings (SSSR count). The number of likely N-dealkylation sites (tertiary alicyclic amines) is 2. The number of carbonyl (C=O) groups is 1. The number of nitrogens with zero attached hydrogens (tertiary/aromatic N) is 5. The summed E-state index contributed by atoms with van der Waals surface area (Å²) >= 11 is 0. The standard InChI is InChI=1S/C18H26N6O2/c1-14-16(22-26-21-14)11-23-8-5-18(6-9-23)4-2-17(25)24(12-18)7-3-15-10-19-13-20-15/h10,13H,2-9,11-12H2,1H3,(H,19,20). The van der Waals surface area contributed by atoms with Crippen molar-refractivity contribution in [1.29, 1.82) is 0 Å². The van der Waals surface area contributed by atoms with Gasteiger partial charge in [-0.3, -0.25) is 9.69 Å². The Morgan fingerprint density at radius 2 is 2.12 bits per heavy atom. The SMILES string of the molecule is Cc1nonc1CN1CCC2(CCC(=O)N(CCc3cnc[nH]3)C2)CC1. The summed E-state index contributed by atoms with van der Waals surface area (Å²) in [5.74, 6) is 0.293. The summed E-state index contributed by atoms with van der Waals surface area (Å²) in [7, 11) is 0. The predicted molar refractivity (Wildman–Crippen MR) is 94.1 cm³/mol. The number of hydrogen-bond donors (Lipinski definition) is 1. The second-order valence-electron chi connectivity index (χ2n) is 7.71. The minimum Gasteiger partial charge on any atom is -0.348 e. The number of carbonyl (C=O) groups excluding carboxylic acids is 1. The van der Waals surface area contributed by atoms with Crippen molar-refractivity contribution >= 4 is 5.91 Å². The molecule has 2 aromatic rings. The molecule has 1 spiro atoms. The van der Waals surface area contributed by atoms with Crippen molar-refractivity contribution in [3.63, 3.8) is 0 Å². The van der Waals surface area contributed by atoms with Crippen molar-refractivity contribution in [3.05, 3.63) is 29.6 Å². The van der Waals surface area contributed by atoms with Crippen molar-refractivity contribution in [2.75, 3.05) is 26.2 Å². The highest BCUT2D eigenvalue weighted by molar-refractivity contribution is 5.77. The summed E-state index contributed by atoms with van der Waals surface area (Å²) in [6, 6.07) is 0. The zero-order valence-electron chi connectivity index (χ0n) is 15.3. The molecule has 0 radical (unpaired) electrons. The van der Waals surface area contributed by atoms with Gasteiger partial charge >= 0.3 is 0 Å². The van der Waals surface area contributed by atoms with E-state index in [0.29, 0.717) is 12.3 Å². The second kappa shape index (κ2) is 7.19. The zero-order valence-corrected chi connectivity index (χ0v) is 15.3. The quantitative estimate of drug-likeness (QED) is 0.872. The first-order valence-electron chi connectivity index (χ1n) is 9.39. The molecule has 8 heteroatoms. The Morgan fingerprint density at radius 1 is 1.27 bits per heavy atom. The van der Waals surface area contributed by atoms with Crippen molar-refractivity contribution < 1.29 is 9.42 Å². The first-order chi connectivity index (χ1) is 12.6. The molecule has 140 valence electrons. The van der Waals surface area contributed by atoms with Gasteiger partial charge in [-0.05, 0) is 44.7 Å². The van der Waals surface area contributed by atoms with Crippen LogP contribution in [0.4, 0.5) is 0 Å². The van der Waals surface area contributed by atoms with Gasteiger partial charge in [-0.1, -0.05) is 10.3 Å². The third kappa shape index (κ3) is 3.65. The van der Waals surface area contributed by atoms with Crippen LogP contribution in [0.5, 0.6) is 0 Å². The third-order valence-electron chi connectivity index (χ3n) is 5.99. The Labute approximate surface area is 152 Å². The smallest absolute Gasteiger partial charge is 0.222 e. The van der Waals surface area contributed by atoms with E-state index in [-0.39, 0.29) is 5.41 Å². The van der Waals surface area contributed by atoms with E-state index in [4.69, 9.17) is 4.63 Å². The Kier molecular flexibility index (Phi) is 4.76. The van der Waals surface area contributed by atoms with Crippen molar-refractivity contribution in [1.82, 2.24) is 30.1 Å². The molecular weight excluding hydrogens is 332 g/mol. The maximum atomic E-state index is 12.4. The van der Waals surface area contributed by atoms with E-state index in [1.165, 1.54) is 0 Å². The van der Waals surface area contributed by atoms with Crippen LogP contribution in [0.1, 0.15) is 42.8 Å². The topological polar surface area (TPSA) is 91.2 Å². The van der Waals surface area contributed by atoms with Crippen molar-refractivity contribution in [2.24, 2.45) is 5.41 Å². The highest BCUT2D eigenvalue weighted by Crippen LogP contribution is 2.40. The van der Waals surface area contributed by atoms with E-state index in [1.807, 2.05) is 13.1 Å². The van der Waals surface area contributed by atoms with Crippen LogP contribution in [0, 0.1) is 12.3 Å². The molecule has 4 heterocycles. The number of piperidine rings is 2. The molecule has 2 aliphatic heterocycles. The van der Waals surface area contributed by atoms with Gasteiger partial charge in [-0.2, -0.15) is 0 Å². The zero-order chi connectivity index (χ0) is 18.0. The number of aromatic nitrogens is 4. The molecule has 1 amide bonds. The molecule has 2 fully saturated rings. The van der Waals surface area contributed by atoms with E-state index in [1.54, 1.807) is 6.33 Å². The lowest BCUT2D eigenvalue weighted by molar-refractivity contribution is -0.139. The van der Waals surface area contributed by atoms with Crippen LogP contribution in [-0.4, -0.2) is 62.2 Å². The summed E-state index contributed by atoms with van der Waals surface area (Å²) in [5.41, 5.74) is 3.17. The molecule has 0 bridgehead atoms. The van der Waals surface area contributed by atoms with Gasteiger partial charge in [-0.25, -0.2) is 9.61 Å². The van der Waals surface area contributed by atoms with Gasteiger partial charge in [-0.15, -0.1) is 0 Å². The van der Waals surface area contributed by atoms with Gasteiger partial charge in [0.1, 0.15) is 11.4 Å². The molecule has 2 aromatic heterocycles. The molecule has 8 nitrogen and oxygen atoms in total. The Morgan fingerprint density at radius 3 is 2.81 bits per heavy atom. The van der Waals surface area contributed by atoms with E-state index in [2.05, 4.69) is 30.1 Å². The molecule has 0 aromatic carbocycles. The summed E-state index contributed by atoms with van der Waals surface area (Å²) in [6.45, 7) is 6.47. The highest BCUT2D eigenvalue weighted by Gasteiger charge is 2.40. The number of hydrogen-bond acceptors (Lipinski definition) is 6. The average Bonchev–Trinajstić information content (AvgIpc) is 3.30.